The lowest BCUT2D eigenvalue weighted by atomic mass is 9.99. The van der Waals surface area contributed by atoms with E-state index in [0.29, 0.717) is 30.8 Å². The average Bonchev–Trinajstić information content (AvgIpc) is 2.63. The molecule has 3 rings (SSSR count). The van der Waals surface area contributed by atoms with E-state index in [4.69, 9.17) is 0 Å². The van der Waals surface area contributed by atoms with E-state index in [1.54, 1.807) is 6.07 Å². The summed E-state index contributed by atoms with van der Waals surface area (Å²) in [6.45, 7) is 3.49. The molecule has 2 aromatic rings. The lowest BCUT2D eigenvalue weighted by molar-refractivity contribution is 0.0697. The summed E-state index contributed by atoms with van der Waals surface area (Å²) in [5.41, 5.74) is 0.540. The van der Waals surface area contributed by atoms with Gasteiger partial charge in [0.25, 0.3) is 10.0 Å². The van der Waals surface area contributed by atoms with Crippen molar-refractivity contribution in [2.24, 2.45) is 5.92 Å². The van der Waals surface area contributed by atoms with Crippen LogP contribution < -0.4 is 9.62 Å². The fourth-order valence-corrected chi connectivity index (χ4v) is 4.36. The average molecular weight is 410 g/mol. The Labute approximate surface area is 161 Å². The van der Waals surface area contributed by atoms with Crippen LogP contribution >= 0.6 is 0 Å². The van der Waals surface area contributed by atoms with Crippen molar-refractivity contribution < 1.29 is 27.1 Å². The number of rotatable bonds is 5. The Kier molecular flexibility index (Phi) is 5.55. The third kappa shape index (κ3) is 4.24. The van der Waals surface area contributed by atoms with Crippen LogP contribution in [0.3, 0.4) is 0 Å². The number of piperidine rings is 1. The summed E-state index contributed by atoms with van der Waals surface area (Å²) in [4.78, 5) is 12.9. The number of nitrogens with one attached hydrogen (secondary N) is 1. The second-order valence-electron chi connectivity index (χ2n) is 6.91. The topological polar surface area (TPSA) is 86.7 Å². The first-order valence-electron chi connectivity index (χ1n) is 8.77. The largest absolute Gasteiger partial charge is 0.478 e. The van der Waals surface area contributed by atoms with Crippen molar-refractivity contribution in [1.29, 1.82) is 0 Å². The number of carboxylic acids is 1. The summed E-state index contributed by atoms with van der Waals surface area (Å²) in [7, 11) is -4.25. The quantitative estimate of drug-likeness (QED) is 0.785. The SMILES string of the molecule is C[C@H]1CCCN(c2ccc(C(=O)O)cc2NS(=O)(=O)c2ccc(F)c(F)c2)C1. The summed E-state index contributed by atoms with van der Waals surface area (Å²) in [5, 5.41) is 9.25. The maximum absolute atomic E-state index is 13.5. The van der Waals surface area contributed by atoms with Gasteiger partial charge >= 0.3 is 5.97 Å². The summed E-state index contributed by atoms with van der Waals surface area (Å²) in [6, 6.07) is 6.46. The van der Waals surface area contributed by atoms with E-state index >= 15 is 0 Å². The molecule has 1 atom stereocenters. The second-order valence-corrected chi connectivity index (χ2v) is 8.59. The van der Waals surface area contributed by atoms with Crippen molar-refractivity contribution in [1.82, 2.24) is 0 Å². The molecular weight excluding hydrogens is 390 g/mol. The number of hydrogen-bond acceptors (Lipinski definition) is 4. The Morgan fingerprint density at radius 1 is 1.18 bits per heavy atom. The van der Waals surface area contributed by atoms with E-state index in [1.165, 1.54) is 12.1 Å². The van der Waals surface area contributed by atoms with Crippen molar-refractivity contribution in [3.05, 3.63) is 53.6 Å². The number of nitrogens with zero attached hydrogens (tertiary/aromatic N) is 1. The predicted molar refractivity (Wildman–Crippen MR) is 101 cm³/mol. The number of aromatic carboxylic acids is 1. The fourth-order valence-electron chi connectivity index (χ4n) is 3.28. The van der Waals surface area contributed by atoms with E-state index in [1.807, 2.05) is 4.90 Å². The predicted octanol–water partition coefficient (Wildman–Crippen LogP) is 3.70. The number of benzene rings is 2. The zero-order chi connectivity index (χ0) is 20.5. The smallest absolute Gasteiger partial charge is 0.335 e. The molecule has 6 nitrogen and oxygen atoms in total. The zero-order valence-corrected chi connectivity index (χ0v) is 16.0. The molecule has 1 heterocycles. The summed E-state index contributed by atoms with van der Waals surface area (Å²) < 4.78 is 54.3. The van der Waals surface area contributed by atoms with Gasteiger partial charge < -0.3 is 10.0 Å². The number of halogens is 2. The number of carboxylic acid groups (broad SMARTS) is 1. The van der Waals surface area contributed by atoms with Crippen LogP contribution in [0.1, 0.15) is 30.1 Å². The molecule has 1 saturated heterocycles. The van der Waals surface area contributed by atoms with Crippen LogP contribution in [0.25, 0.3) is 0 Å². The first-order valence-corrected chi connectivity index (χ1v) is 10.3. The minimum Gasteiger partial charge on any atom is -0.478 e. The highest BCUT2D eigenvalue weighted by atomic mass is 32.2. The van der Waals surface area contributed by atoms with Gasteiger partial charge in [0.15, 0.2) is 11.6 Å². The number of carbonyl (C=O) groups is 1. The van der Waals surface area contributed by atoms with Gasteiger partial charge in [0.05, 0.1) is 21.8 Å². The van der Waals surface area contributed by atoms with Gasteiger partial charge in [-0.3, -0.25) is 4.72 Å². The van der Waals surface area contributed by atoms with E-state index in [2.05, 4.69) is 11.6 Å². The molecule has 28 heavy (non-hydrogen) atoms. The van der Waals surface area contributed by atoms with Crippen LogP contribution in [0.5, 0.6) is 0 Å². The molecule has 0 spiro atoms. The van der Waals surface area contributed by atoms with Crippen LogP contribution in [0.15, 0.2) is 41.3 Å². The Hall–Kier alpha value is -2.68. The first-order chi connectivity index (χ1) is 13.2. The Morgan fingerprint density at radius 2 is 1.93 bits per heavy atom. The summed E-state index contributed by atoms with van der Waals surface area (Å²) in [6.07, 6.45) is 1.98. The lowest BCUT2D eigenvalue weighted by Gasteiger charge is -2.34. The molecule has 2 N–H and O–H groups in total. The van der Waals surface area contributed by atoms with E-state index in [0.717, 1.165) is 25.0 Å². The molecular formula is C19H20F2N2O4S. The molecule has 9 heteroatoms. The van der Waals surface area contributed by atoms with E-state index in [9.17, 15) is 27.1 Å². The number of anilines is 2. The van der Waals surface area contributed by atoms with Crippen molar-refractivity contribution in [3.63, 3.8) is 0 Å². The molecule has 2 aromatic carbocycles. The molecule has 0 saturated carbocycles. The van der Waals surface area contributed by atoms with Gasteiger partial charge in [-0.2, -0.15) is 0 Å². The molecule has 150 valence electrons. The zero-order valence-electron chi connectivity index (χ0n) is 15.2. The lowest BCUT2D eigenvalue weighted by Crippen LogP contribution is -2.35. The Bertz CT molecular complexity index is 1010. The van der Waals surface area contributed by atoms with Crippen molar-refractivity contribution in [2.45, 2.75) is 24.7 Å². The highest BCUT2D eigenvalue weighted by molar-refractivity contribution is 7.92. The third-order valence-electron chi connectivity index (χ3n) is 4.69. The summed E-state index contributed by atoms with van der Waals surface area (Å²) >= 11 is 0. The Balaban J connectivity index is 2.01. The summed E-state index contributed by atoms with van der Waals surface area (Å²) in [5.74, 6) is -3.24. The van der Waals surface area contributed by atoms with Crippen LogP contribution in [-0.4, -0.2) is 32.6 Å². The molecule has 0 unspecified atom stereocenters. The number of sulfonamides is 1. The third-order valence-corrected chi connectivity index (χ3v) is 6.05. The standard InChI is InChI=1S/C19H20F2N2O4S/c1-12-3-2-8-23(11-12)18-7-4-13(19(24)25)9-17(18)22-28(26,27)14-5-6-15(20)16(21)10-14/h4-7,9-10,12,22H,2-3,8,11H2,1H3,(H,24,25)/t12-/m0/s1. The van der Waals surface area contributed by atoms with Crippen molar-refractivity contribution in [3.8, 4) is 0 Å². The first kappa shape index (κ1) is 20.1. The van der Waals surface area contributed by atoms with Crippen LogP contribution in [0, 0.1) is 17.6 Å². The number of hydrogen-bond donors (Lipinski definition) is 2. The van der Waals surface area contributed by atoms with Gasteiger partial charge in [-0.1, -0.05) is 6.92 Å². The van der Waals surface area contributed by atoms with Gasteiger partial charge in [-0.15, -0.1) is 0 Å². The van der Waals surface area contributed by atoms with E-state index < -0.39 is 32.5 Å². The normalized spacial score (nSPS) is 17.4. The van der Waals surface area contributed by atoms with Gasteiger partial charge in [-0.05, 0) is 55.2 Å². The second kappa shape index (κ2) is 7.75. The molecule has 1 aliphatic heterocycles. The highest BCUT2D eigenvalue weighted by Gasteiger charge is 2.24. The van der Waals surface area contributed by atoms with Gasteiger partial charge in [0.2, 0.25) is 0 Å². The van der Waals surface area contributed by atoms with Crippen LogP contribution in [0.4, 0.5) is 20.2 Å². The molecule has 1 fully saturated rings. The van der Waals surface area contributed by atoms with Crippen molar-refractivity contribution in [2.75, 3.05) is 22.7 Å². The van der Waals surface area contributed by atoms with E-state index in [-0.39, 0.29) is 11.3 Å². The monoisotopic (exact) mass is 410 g/mol. The molecule has 0 bridgehead atoms. The van der Waals surface area contributed by atoms with Crippen LogP contribution in [0.2, 0.25) is 0 Å². The molecule has 0 radical (unpaired) electrons. The molecule has 0 aromatic heterocycles. The van der Waals surface area contributed by atoms with Crippen LogP contribution in [-0.2, 0) is 10.0 Å². The van der Waals surface area contributed by atoms with Gasteiger partial charge in [0, 0.05) is 13.1 Å². The molecule has 0 amide bonds. The maximum Gasteiger partial charge on any atom is 0.335 e. The maximum atomic E-state index is 13.5. The fraction of sp³-hybridized carbons (Fsp3) is 0.316. The molecule has 1 aliphatic rings. The highest BCUT2D eigenvalue weighted by Crippen LogP contribution is 2.32. The minimum atomic E-state index is -4.25. The Morgan fingerprint density at radius 3 is 2.57 bits per heavy atom. The molecule has 0 aliphatic carbocycles. The van der Waals surface area contributed by atoms with Gasteiger partial charge in [-0.25, -0.2) is 22.0 Å². The van der Waals surface area contributed by atoms with Gasteiger partial charge in [0.1, 0.15) is 0 Å². The van der Waals surface area contributed by atoms with Crippen molar-refractivity contribution >= 4 is 27.4 Å². The minimum absolute atomic E-state index is 0.0822.